The van der Waals surface area contributed by atoms with Crippen molar-refractivity contribution in [1.29, 1.82) is 0 Å². The van der Waals surface area contributed by atoms with E-state index in [4.69, 9.17) is 4.84 Å². The van der Waals surface area contributed by atoms with Crippen molar-refractivity contribution in [2.75, 3.05) is 25.4 Å². The van der Waals surface area contributed by atoms with Crippen LogP contribution in [-0.2, 0) is 9.40 Å². The number of nitrogens with zero attached hydrogens (tertiary/aromatic N) is 1. The third kappa shape index (κ3) is 5.18. The Labute approximate surface area is 163 Å². The first-order valence-corrected chi connectivity index (χ1v) is 11.5. The molecule has 0 unspecified atom stereocenters. The molecule has 2 amide bonds. The molecular weight excluding hydrogens is 379 g/mol. The number of amides is 2. The minimum atomic E-state index is -2.76. The highest BCUT2D eigenvalue weighted by Crippen LogP contribution is 2.39. The average molecular weight is 402 g/mol. The summed E-state index contributed by atoms with van der Waals surface area (Å²) in [5.74, 6) is -0.653. The number of hydrogen-bond donors (Lipinski definition) is 3. The van der Waals surface area contributed by atoms with Crippen molar-refractivity contribution >= 4 is 29.9 Å². The number of pyridine rings is 1. The largest absolute Gasteiger partial charge is 0.360 e. The molecule has 148 valence electrons. The fourth-order valence-electron chi connectivity index (χ4n) is 2.71. The van der Waals surface area contributed by atoms with E-state index < -0.39 is 13.0 Å². The second kappa shape index (κ2) is 8.54. The molecule has 3 N–H and O–H groups in total. The molecule has 1 aliphatic rings. The van der Waals surface area contributed by atoms with Crippen LogP contribution in [0.3, 0.4) is 0 Å². The molecule has 1 heterocycles. The number of rotatable bonds is 8. The lowest BCUT2D eigenvalue weighted by molar-refractivity contribution is 0.0383. The fourth-order valence-corrected chi connectivity index (χ4v) is 4.20. The smallest absolute Gasteiger partial charge is 0.276 e. The molecule has 3 rings (SSSR count). The van der Waals surface area contributed by atoms with E-state index >= 15 is 0 Å². The highest BCUT2D eigenvalue weighted by atomic mass is 31.2. The van der Waals surface area contributed by atoms with Gasteiger partial charge in [0, 0.05) is 29.4 Å². The van der Waals surface area contributed by atoms with Gasteiger partial charge in [-0.1, -0.05) is 6.07 Å². The summed E-state index contributed by atoms with van der Waals surface area (Å²) in [5, 5.41) is 6.38. The van der Waals surface area contributed by atoms with Gasteiger partial charge >= 0.3 is 0 Å². The second-order valence-electron chi connectivity index (χ2n) is 6.94. The van der Waals surface area contributed by atoms with Crippen molar-refractivity contribution < 1.29 is 19.0 Å². The Hall–Kier alpha value is -2.70. The van der Waals surface area contributed by atoms with Crippen LogP contribution in [0.25, 0.3) is 0 Å². The lowest BCUT2D eigenvalue weighted by Crippen LogP contribution is -2.32. The fraction of sp³-hybridized carbons (Fsp3) is 0.316. The van der Waals surface area contributed by atoms with Gasteiger partial charge in [-0.15, -0.1) is 0 Å². The summed E-state index contributed by atoms with van der Waals surface area (Å²) in [6.45, 7) is 3.17. The number of benzene rings is 1. The summed E-state index contributed by atoms with van der Waals surface area (Å²) in [7, 11) is -2.76. The van der Waals surface area contributed by atoms with Crippen molar-refractivity contribution in [2.45, 2.75) is 18.9 Å². The van der Waals surface area contributed by atoms with Crippen molar-refractivity contribution in [3.63, 3.8) is 0 Å². The Morgan fingerprint density at radius 1 is 1.18 bits per heavy atom. The number of hydroxylamine groups is 1. The van der Waals surface area contributed by atoms with E-state index in [1.54, 1.807) is 49.9 Å². The molecule has 0 spiro atoms. The van der Waals surface area contributed by atoms with Crippen LogP contribution in [0.2, 0.25) is 0 Å². The van der Waals surface area contributed by atoms with Crippen LogP contribution in [0.4, 0.5) is 5.69 Å². The van der Waals surface area contributed by atoms with E-state index in [0.29, 0.717) is 22.1 Å². The maximum absolute atomic E-state index is 12.9. The van der Waals surface area contributed by atoms with Gasteiger partial charge in [0.15, 0.2) is 0 Å². The van der Waals surface area contributed by atoms with Gasteiger partial charge in [0.05, 0.1) is 11.1 Å². The number of aromatic nitrogens is 1. The molecule has 1 saturated carbocycles. The topological polar surface area (TPSA) is 109 Å². The van der Waals surface area contributed by atoms with Gasteiger partial charge in [-0.2, -0.15) is 0 Å². The quantitative estimate of drug-likeness (QED) is 0.270. The van der Waals surface area contributed by atoms with Gasteiger partial charge in [0.2, 0.25) is 0 Å². The summed E-state index contributed by atoms with van der Waals surface area (Å²) in [6.07, 6.45) is 4.94. The van der Waals surface area contributed by atoms with Crippen LogP contribution >= 0.6 is 7.14 Å². The molecular formula is C19H23N4O4P. The molecule has 28 heavy (non-hydrogen) atoms. The third-order valence-corrected chi connectivity index (χ3v) is 5.71. The molecule has 8 nitrogen and oxygen atoms in total. The van der Waals surface area contributed by atoms with E-state index in [-0.39, 0.29) is 18.7 Å². The summed E-state index contributed by atoms with van der Waals surface area (Å²) in [6, 6.07) is 8.59. The van der Waals surface area contributed by atoms with Gasteiger partial charge in [-0.3, -0.25) is 19.4 Å². The molecule has 0 aliphatic heterocycles. The Morgan fingerprint density at radius 2 is 1.96 bits per heavy atom. The predicted octanol–water partition coefficient (Wildman–Crippen LogP) is 1.95. The minimum Gasteiger partial charge on any atom is -0.360 e. The van der Waals surface area contributed by atoms with Crippen LogP contribution in [0.1, 0.15) is 33.6 Å². The van der Waals surface area contributed by atoms with E-state index in [2.05, 4.69) is 21.1 Å². The van der Waals surface area contributed by atoms with E-state index in [1.807, 2.05) is 0 Å². The first kappa shape index (κ1) is 20.0. The van der Waals surface area contributed by atoms with Crippen molar-refractivity contribution in [1.82, 2.24) is 15.8 Å². The van der Waals surface area contributed by atoms with Crippen molar-refractivity contribution in [2.24, 2.45) is 0 Å². The van der Waals surface area contributed by atoms with Crippen LogP contribution in [-0.4, -0.2) is 42.9 Å². The number of anilines is 1. The molecule has 1 fully saturated rings. The third-order valence-electron chi connectivity index (χ3n) is 4.16. The number of carbonyl (C=O) groups excluding carboxylic acids is 2. The number of nitrogens with one attached hydrogen (secondary N) is 3. The zero-order valence-electron chi connectivity index (χ0n) is 15.8. The maximum atomic E-state index is 12.9. The zero-order chi connectivity index (χ0) is 20.1. The van der Waals surface area contributed by atoms with Crippen molar-refractivity contribution in [3.8, 4) is 0 Å². The highest BCUT2D eigenvalue weighted by Gasteiger charge is 2.28. The maximum Gasteiger partial charge on any atom is 0.276 e. The van der Waals surface area contributed by atoms with Crippen LogP contribution in [0.15, 0.2) is 42.7 Å². The van der Waals surface area contributed by atoms with Crippen LogP contribution < -0.4 is 21.4 Å². The molecule has 0 saturated heterocycles. The summed E-state index contributed by atoms with van der Waals surface area (Å²) >= 11 is 0. The normalized spacial score (nSPS) is 13.6. The first-order chi connectivity index (χ1) is 13.4. The summed E-state index contributed by atoms with van der Waals surface area (Å²) < 4.78 is 12.9. The van der Waals surface area contributed by atoms with E-state index in [0.717, 1.165) is 12.8 Å². The molecule has 2 aromatic rings. The molecule has 9 heteroatoms. The van der Waals surface area contributed by atoms with Gasteiger partial charge < -0.3 is 15.2 Å². The molecule has 1 aromatic carbocycles. The predicted molar refractivity (Wildman–Crippen MR) is 107 cm³/mol. The molecule has 0 atom stereocenters. The van der Waals surface area contributed by atoms with E-state index in [1.165, 1.54) is 6.20 Å². The van der Waals surface area contributed by atoms with Crippen LogP contribution in [0, 0.1) is 0 Å². The van der Waals surface area contributed by atoms with Gasteiger partial charge in [-0.05, 0) is 50.4 Å². The SMILES string of the molecule is CP(C)(=O)c1c(NCONC(=O)c2cccnc2)cccc1C(=O)NC1CC1. The Balaban J connectivity index is 1.66. The first-order valence-electron chi connectivity index (χ1n) is 8.91. The van der Waals surface area contributed by atoms with Gasteiger partial charge in [0.25, 0.3) is 11.8 Å². The number of hydrogen-bond acceptors (Lipinski definition) is 6. The summed E-state index contributed by atoms with van der Waals surface area (Å²) in [4.78, 5) is 33.5. The number of carbonyl (C=O) groups is 2. The molecule has 1 aromatic heterocycles. The standard InChI is InChI=1S/C19H23N4O4P/c1-28(2,26)17-15(19(25)22-14-8-9-14)6-3-7-16(17)21-12-27-23-18(24)13-5-4-10-20-11-13/h3-7,10-11,14,21H,8-9,12H2,1-2H3,(H,22,25)(H,23,24). The Kier molecular flexibility index (Phi) is 6.11. The summed E-state index contributed by atoms with van der Waals surface area (Å²) in [5.41, 5.74) is 3.61. The zero-order valence-corrected chi connectivity index (χ0v) is 16.7. The lowest BCUT2D eigenvalue weighted by Gasteiger charge is -2.19. The highest BCUT2D eigenvalue weighted by molar-refractivity contribution is 7.70. The Bertz CT molecular complexity index is 909. The lowest BCUT2D eigenvalue weighted by atomic mass is 10.2. The molecule has 0 radical (unpaired) electrons. The van der Waals surface area contributed by atoms with Gasteiger partial charge in [0.1, 0.15) is 13.9 Å². The monoisotopic (exact) mass is 402 g/mol. The second-order valence-corrected chi connectivity index (χ2v) is 10.1. The molecule has 1 aliphatic carbocycles. The minimum absolute atomic E-state index is 0.0628. The average Bonchev–Trinajstić information content (AvgIpc) is 3.48. The van der Waals surface area contributed by atoms with E-state index in [9.17, 15) is 14.2 Å². The van der Waals surface area contributed by atoms with Crippen molar-refractivity contribution in [3.05, 3.63) is 53.9 Å². The van der Waals surface area contributed by atoms with Gasteiger partial charge in [-0.25, -0.2) is 5.48 Å². The van der Waals surface area contributed by atoms with Crippen LogP contribution in [0.5, 0.6) is 0 Å². The Morgan fingerprint density at radius 3 is 2.61 bits per heavy atom. The molecule has 0 bridgehead atoms.